The van der Waals surface area contributed by atoms with Crippen LogP contribution in [0.5, 0.6) is 5.75 Å². The molecule has 1 aliphatic heterocycles. The third-order valence-corrected chi connectivity index (χ3v) is 4.72. The topological polar surface area (TPSA) is 71.1 Å². The van der Waals surface area contributed by atoms with Gasteiger partial charge in [-0.1, -0.05) is 11.6 Å². The fraction of sp³-hybridized carbons (Fsp3) is 0.619. The molecule has 1 fully saturated rings. The lowest BCUT2D eigenvalue weighted by Gasteiger charge is -2.35. The molecule has 0 bridgehead atoms. The quantitative estimate of drug-likeness (QED) is 0.758. The van der Waals surface area contributed by atoms with Crippen molar-refractivity contribution in [3.8, 4) is 5.75 Å². The van der Waals surface area contributed by atoms with Crippen molar-refractivity contribution in [3.05, 3.63) is 29.3 Å². The second-order valence-corrected chi connectivity index (χ2v) is 9.07. The van der Waals surface area contributed by atoms with E-state index in [1.54, 1.807) is 43.0 Å². The summed E-state index contributed by atoms with van der Waals surface area (Å²) in [4.78, 5) is 28.6. The van der Waals surface area contributed by atoms with Gasteiger partial charge in [-0.25, -0.2) is 4.79 Å². The molecule has 2 rings (SSSR count). The van der Waals surface area contributed by atoms with Crippen LogP contribution < -0.4 is 10.1 Å². The van der Waals surface area contributed by atoms with E-state index >= 15 is 0 Å². The number of nitrogens with zero attached hydrogens (tertiary/aromatic N) is 2. The lowest BCUT2D eigenvalue weighted by atomic mass is 10.1. The number of benzene rings is 1. The van der Waals surface area contributed by atoms with Crippen molar-refractivity contribution < 1.29 is 19.1 Å². The number of hydrogen-bond acceptors (Lipinski definition) is 5. The Bertz CT molecular complexity index is 693. The van der Waals surface area contributed by atoms with Crippen molar-refractivity contribution in [3.63, 3.8) is 0 Å². The Morgan fingerprint density at radius 1 is 1.03 bits per heavy atom. The second kappa shape index (κ2) is 9.67. The van der Waals surface area contributed by atoms with Gasteiger partial charge in [-0.3, -0.25) is 9.69 Å². The van der Waals surface area contributed by atoms with E-state index in [-0.39, 0.29) is 12.0 Å². The maximum atomic E-state index is 12.5. The van der Waals surface area contributed by atoms with Crippen LogP contribution in [0.3, 0.4) is 0 Å². The smallest absolute Gasteiger partial charge is 0.410 e. The molecule has 1 N–H and O–H groups in total. The van der Waals surface area contributed by atoms with Crippen molar-refractivity contribution in [1.29, 1.82) is 0 Å². The summed E-state index contributed by atoms with van der Waals surface area (Å²) in [6.07, 6.45) is -0.272. The van der Waals surface area contributed by atoms with Gasteiger partial charge in [0, 0.05) is 44.3 Å². The maximum Gasteiger partial charge on any atom is 0.410 e. The maximum absolute atomic E-state index is 12.5. The fourth-order valence-electron chi connectivity index (χ4n) is 2.86. The highest BCUT2D eigenvalue weighted by Crippen LogP contribution is 2.21. The van der Waals surface area contributed by atoms with Crippen LogP contribution in [-0.4, -0.2) is 72.3 Å². The minimum Gasteiger partial charge on any atom is -0.478 e. The van der Waals surface area contributed by atoms with E-state index in [9.17, 15) is 9.59 Å². The molecule has 0 unspecified atom stereocenters. The molecule has 29 heavy (non-hydrogen) atoms. The number of nitrogens with one attached hydrogen (secondary N) is 1. The average molecular weight is 426 g/mol. The molecule has 0 saturated carbocycles. The summed E-state index contributed by atoms with van der Waals surface area (Å²) in [5, 5.41) is 3.55. The molecule has 0 radical (unpaired) electrons. The minimum absolute atomic E-state index is 0.181. The highest BCUT2D eigenvalue weighted by atomic mass is 35.5. The molecular formula is C21H32ClN3O4. The molecule has 0 aromatic heterocycles. The Balaban J connectivity index is 1.71. The highest BCUT2D eigenvalue weighted by molar-refractivity contribution is 6.30. The molecule has 7 nitrogen and oxygen atoms in total. The summed E-state index contributed by atoms with van der Waals surface area (Å²) in [5.41, 5.74) is -1.48. The van der Waals surface area contributed by atoms with Gasteiger partial charge in [0.15, 0.2) is 5.60 Å². The molecule has 1 aromatic carbocycles. The summed E-state index contributed by atoms with van der Waals surface area (Å²) in [5.74, 6) is 0.410. The van der Waals surface area contributed by atoms with Gasteiger partial charge >= 0.3 is 6.09 Å². The van der Waals surface area contributed by atoms with E-state index in [1.807, 2.05) is 20.8 Å². The lowest BCUT2D eigenvalue weighted by molar-refractivity contribution is -0.134. The Labute approximate surface area is 178 Å². The van der Waals surface area contributed by atoms with Crippen LogP contribution in [0, 0.1) is 0 Å². The molecule has 2 amide bonds. The van der Waals surface area contributed by atoms with E-state index < -0.39 is 11.2 Å². The minimum atomic E-state index is -0.997. The van der Waals surface area contributed by atoms with Gasteiger partial charge in [0.1, 0.15) is 11.4 Å². The van der Waals surface area contributed by atoms with Gasteiger partial charge in [0.2, 0.25) is 0 Å². The monoisotopic (exact) mass is 425 g/mol. The zero-order valence-corrected chi connectivity index (χ0v) is 18.7. The van der Waals surface area contributed by atoms with Crippen molar-refractivity contribution >= 4 is 23.6 Å². The number of piperazine rings is 1. The van der Waals surface area contributed by atoms with Crippen LogP contribution in [0.2, 0.25) is 5.02 Å². The fourth-order valence-corrected chi connectivity index (χ4v) is 2.99. The number of hydrogen-bond donors (Lipinski definition) is 1. The zero-order chi connectivity index (χ0) is 21.7. The van der Waals surface area contributed by atoms with Gasteiger partial charge < -0.3 is 19.7 Å². The molecule has 0 atom stereocenters. The van der Waals surface area contributed by atoms with E-state index in [1.165, 1.54) is 0 Å². The van der Waals surface area contributed by atoms with Crippen molar-refractivity contribution in [1.82, 2.24) is 15.1 Å². The van der Waals surface area contributed by atoms with Crippen molar-refractivity contribution in [2.24, 2.45) is 0 Å². The first-order valence-corrected chi connectivity index (χ1v) is 10.3. The largest absolute Gasteiger partial charge is 0.478 e. The van der Waals surface area contributed by atoms with Crippen LogP contribution in [-0.2, 0) is 9.53 Å². The molecule has 1 aliphatic rings. The summed E-state index contributed by atoms with van der Waals surface area (Å²) < 4.78 is 11.2. The molecule has 0 aliphatic carbocycles. The summed E-state index contributed by atoms with van der Waals surface area (Å²) in [7, 11) is 0. The molecule has 0 spiro atoms. The number of carbonyl (C=O) groups excluding carboxylic acids is 2. The van der Waals surface area contributed by atoms with E-state index in [0.717, 1.165) is 13.1 Å². The molecule has 1 saturated heterocycles. The SMILES string of the molecule is CC(C)(C)OC(=O)N1CCN(CCNC(=O)C(C)(C)Oc2ccc(Cl)cc2)CC1. The van der Waals surface area contributed by atoms with Gasteiger partial charge in [0.05, 0.1) is 0 Å². The predicted octanol–water partition coefficient (Wildman–Crippen LogP) is 3.17. The van der Waals surface area contributed by atoms with Crippen LogP contribution in [0.15, 0.2) is 24.3 Å². The second-order valence-electron chi connectivity index (χ2n) is 8.63. The summed E-state index contributed by atoms with van der Waals surface area (Å²) >= 11 is 5.87. The van der Waals surface area contributed by atoms with Gasteiger partial charge in [-0.2, -0.15) is 0 Å². The van der Waals surface area contributed by atoms with Crippen LogP contribution >= 0.6 is 11.6 Å². The molecule has 1 aromatic rings. The molecule has 8 heteroatoms. The third kappa shape index (κ3) is 7.74. The number of amides is 2. The first kappa shape index (κ1) is 23.3. The molecule has 1 heterocycles. The normalized spacial score (nSPS) is 15.7. The Morgan fingerprint density at radius 2 is 1.62 bits per heavy atom. The summed E-state index contributed by atoms with van der Waals surface area (Å²) in [6, 6.07) is 6.92. The van der Waals surface area contributed by atoms with E-state index in [0.29, 0.717) is 37.0 Å². The molecule has 162 valence electrons. The van der Waals surface area contributed by atoms with Gasteiger partial charge in [0.25, 0.3) is 5.91 Å². The predicted molar refractivity (Wildman–Crippen MR) is 113 cm³/mol. The first-order chi connectivity index (χ1) is 13.5. The Kier molecular flexibility index (Phi) is 7.77. The summed E-state index contributed by atoms with van der Waals surface area (Å²) in [6.45, 7) is 13.0. The first-order valence-electron chi connectivity index (χ1n) is 9.89. The van der Waals surface area contributed by atoms with Crippen LogP contribution in [0.25, 0.3) is 0 Å². The number of rotatable bonds is 6. The zero-order valence-electron chi connectivity index (χ0n) is 18.0. The Hall–Kier alpha value is -1.99. The number of carbonyl (C=O) groups is 2. The standard InChI is InChI=1S/C21H32ClN3O4/c1-20(2,3)29-19(27)25-14-12-24(13-15-25)11-10-23-18(26)21(4,5)28-17-8-6-16(22)7-9-17/h6-9H,10-15H2,1-5H3,(H,23,26). The van der Waals surface area contributed by atoms with E-state index in [4.69, 9.17) is 21.1 Å². The van der Waals surface area contributed by atoms with E-state index in [2.05, 4.69) is 10.2 Å². The highest BCUT2D eigenvalue weighted by Gasteiger charge is 2.30. The molecular weight excluding hydrogens is 394 g/mol. The lowest BCUT2D eigenvalue weighted by Crippen LogP contribution is -2.52. The third-order valence-electron chi connectivity index (χ3n) is 4.47. The van der Waals surface area contributed by atoms with Crippen LogP contribution in [0.1, 0.15) is 34.6 Å². The van der Waals surface area contributed by atoms with Gasteiger partial charge in [-0.05, 0) is 58.9 Å². The van der Waals surface area contributed by atoms with Crippen molar-refractivity contribution in [2.45, 2.75) is 45.8 Å². The average Bonchev–Trinajstić information content (AvgIpc) is 2.62. The van der Waals surface area contributed by atoms with Crippen LogP contribution in [0.4, 0.5) is 4.79 Å². The van der Waals surface area contributed by atoms with Gasteiger partial charge in [-0.15, -0.1) is 0 Å². The Morgan fingerprint density at radius 3 is 2.17 bits per heavy atom. The number of ether oxygens (including phenoxy) is 2. The number of halogens is 1. The van der Waals surface area contributed by atoms with Crippen molar-refractivity contribution in [2.75, 3.05) is 39.3 Å².